The predicted octanol–water partition coefficient (Wildman–Crippen LogP) is 0.604. The summed E-state index contributed by atoms with van der Waals surface area (Å²) in [7, 11) is 0. The molecule has 44 valence electrons. The third kappa shape index (κ3) is 3.15. The van der Waals surface area contributed by atoms with Crippen molar-refractivity contribution < 1.29 is 4.79 Å². The molecule has 0 aromatic carbocycles. The Balaban J connectivity index is 3.48. The number of rotatable bonds is 3. The van der Waals surface area contributed by atoms with Gasteiger partial charge in [-0.1, -0.05) is 6.08 Å². The van der Waals surface area contributed by atoms with E-state index < -0.39 is 0 Å². The van der Waals surface area contributed by atoms with Gasteiger partial charge in [-0.2, -0.15) is 0 Å². The van der Waals surface area contributed by atoms with Crippen LogP contribution in [0.5, 0.6) is 0 Å². The van der Waals surface area contributed by atoms with Gasteiger partial charge in [0.1, 0.15) is 0 Å². The van der Waals surface area contributed by atoms with E-state index in [1.54, 1.807) is 6.08 Å². The molecule has 0 bridgehead atoms. The monoisotopic (exact) mass is 111 g/mol. The molecule has 0 aliphatic rings. The lowest BCUT2D eigenvalue weighted by Crippen LogP contribution is -1.90. The van der Waals surface area contributed by atoms with Gasteiger partial charge >= 0.3 is 0 Å². The van der Waals surface area contributed by atoms with Crippen LogP contribution >= 0.6 is 0 Å². The number of hydrogen-bond acceptors (Lipinski definition) is 2. The van der Waals surface area contributed by atoms with Crippen LogP contribution in [0.2, 0.25) is 0 Å². The molecule has 2 nitrogen and oxygen atoms in total. The van der Waals surface area contributed by atoms with E-state index in [1.807, 2.05) is 0 Å². The van der Waals surface area contributed by atoms with Crippen LogP contribution in [0, 0.1) is 0 Å². The summed E-state index contributed by atoms with van der Waals surface area (Å²) in [5, 5.41) is 0. The van der Waals surface area contributed by atoms with E-state index in [2.05, 4.69) is 6.58 Å². The molecule has 0 fully saturated rings. The number of carbonyl (C=O) groups is 1. The van der Waals surface area contributed by atoms with Crippen molar-refractivity contribution >= 4 is 5.78 Å². The quantitative estimate of drug-likeness (QED) is 0.428. The fraction of sp³-hybridized carbons (Fsp3) is 0.167. The topological polar surface area (TPSA) is 43.1 Å². The van der Waals surface area contributed by atoms with Crippen LogP contribution in [-0.4, -0.2) is 5.78 Å². The van der Waals surface area contributed by atoms with Crippen molar-refractivity contribution in [1.82, 2.24) is 0 Å². The van der Waals surface area contributed by atoms with Crippen molar-refractivity contribution in [2.24, 2.45) is 5.73 Å². The zero-order valence-corrected chi connectivity index (χ0v) is 4.63. The molecule has 0 aliphatic heterocycles. The van der Waals surface area contributed by atoms with Gasteiger partial charge in [-0.05, 0) is 12.3 Å². The summed E-state index contributed by atoms with van der Waals surface area (Å²) in [5.41, 5.74) is 4.92. The predicted molar refractivity (Wildman–Crippen MR) is 33.1 cm³/mol. The molecule has 0 saturated carbocycles. The molecule has 0 aromatic rings. The van der Waals surface area contributed by atoms with Crippen LogP contribution in [-0.2, 0) is 4.79 Å². The Bertz CT molecular complexity index is 116. The van der Waals surface area contributed by atoms with E-state index >= 15 is 0 Å². The minimum Gasteiger partial charge on any atom is -0.404 e. The zero-order chi connectivity index (χ0) is 6.41. The molecule has 0 rings (SSSR count). The SMILES string of the molecule is C=CCC(=O)C=CN. The van der Waals surface area contributed by atoms with Gasteiger partial charge in [-0.15, -0.1) is 6.58 Å². The van der Waals surface area contributed by atoms with Crippen LogP contribution in [0.3, 0.4) is 0 Å². The van der Waals surface area contributed by atoms with Crippen LogP contribution in [0.4, 0.5) is 0 Å². The lowest BCUT2D eigenvalue weighted by atomic mass is 10.3. The zero-order valence-electron chi connectivity index (χ0n) is 4.63. The molecular weight excluding hydrogens is 102 g/mol. The summed E-state index contributed by atoms with van der Waals surface area (Å²) < 4.78 is 0. The molecule has 0 radical (unpaired) electrons. The minimum atomic E-state index is -0.0116. The third-order valence-electron chi connectivity index (χ3n) is 0.628. The second-order valence-corrected chi connectivity index (χ2v) is 1.32. The van der Waals surface area contributed by atoms with Crippen molar-refractivity contribution in [1.29, 1.82) is 0 Å². The average Bonchev–Trinajstić information content (AvgIpc) is 1.68. The standard InChI is InChI=1S/C6H9NO/c1-2-3-6(8)4-5-7/h2,4-5H,1,3,7H2. The van der Waals surface area contributed by atoms with Crippen LogP contribution in [0.1, 0.15) is 6.42 Å². The van der Waals surface area contributed by atoms with E-state index in [0.717, 1.165) is 0 Å². The molecule has 0 atom stereocenters. The molecule has 0 heterocycles. The minimum absolute atomic E-state index is 0.0116. The van der Waals surface area contributed by atoms with E-state index in [0.29, 0.717) is 6.42 Å². The van der Waals surface area contributed by atoms with Gasteiger partial charge in [0, 0.05) is 6.42 Å². The molecule has 2 N–H and O–H groups in total. The van der Waals surface area contributed by atoms with Crippen LogP contribution in [0.25, 0.3) is 0 Å². The Hall–Kier alpha value is -1.05. The Morgan fingerprint density at radius 2 is 2.38 bits per heavy atom. The molecule has 0 aliphatic carbocycles. The number of allylic oxidation sites excluding steroid dienone is 2. The van der Waals surface area contributed by atoms with Gasteiger partial charge in [0.15, 0.2) is 5.78 Å². The van der Waals surface area contributed by atoms with E-state index in [-0.39, 0.29) is 5.78 Å². The number of carbonyl (C=O) groups excluding carboxylic acids is 1. The van der Waals surface area contributed by atoms with Crippen molar-refractivity contribution in [3.8, 4) is 0 Å². The average molecular weight is 111 g/mol. The summed E-state index contributed by atoms with van der Waals surface area (Å²) in [6.07, 6.45) is 4.46. The van der Waals surface area contributed by atoms with E-state index in [4.69, 9.17) is 5.73 Å². The number of hydrogen-bond donors (Lipinski definition) is 1. The van der Waals surface area contributed by atoms with Crippen molar-refractivity contribution in [3.63, 3.8) is 0 Å². The summed E-state index contributed by atoms with van der Waals surface area (Å²) in [4.78, 5) is 10.4. The highest BCUT2D eigenvalue weighted by Crippen LogP contribution is 1.82. The smallest absolute Gasteiger partial charge is 0.160 e. The van der Waals surface area contributed by atoms with Gasteiger partial charge in [-0.25, -0.2) is 0 Å². The highest BCUT2D eigenvalue weighted by molar-refractivity contribution is 5.90. The van der Waals surface area contributed by atoms with Gasteiger partial charge < -0.3 is 5.73 Å². The second kappa shape index (κ2) is 4.12. The first kappa shape index (κ1) is 6.95. The first-order valence-corrected chi connectivity index (χ1v) is 2.33. The highest BCUT2D eigenvalue weighted by atomic mass is 16.1. The fourth-order valence-corrected chi connectivity index (χ4v) is 0.318. The molecule has 0 unspecified atom stereocenters. The Morgan fingerprint density at radius 3 is 2.75 bits per heavy atom. The Morgan fingerprint density at radius 1 is 1.75 bits per heavy atom. The number of ketones is 1. The van der Waals surface area contributed by atoms with Crippen LogP contribution < -0.4 is 5.73 Å². The van der Waals surface area contributed by atoms with Crippen molar-refractivity contribution in [2.75, 3.05) is 0 Å². The summed E-state index contributed by atoms with van der Waals surface area (Å²) in [6.45, 7) is 3.39. The van der Waals surface area contributed by atoms with E-state index in [9.17, 15) is 4.79 Å². The first-order chi connectivity index (χ1) is 3.81. The highest BCUT2D eigenvalue weighted by Gasteiger charge is 1.86. The molecule has 2 heteroatoms. The lowest BCUT2D eigenvalue weighted by molar-refractivity contribution is -0.113. The van der Waals surface area contributed by atoms with Gasteiger partial charge in [-0.3, -0.25) is 4.79 Å². The van der Waals surface area contributed by atoms with Crippen molar-refractivity contribution in [3.05, 3.63) is 24.9 Å². The Kier molecular flexibility index (Phi) is 3.58. The number of nitrogens with two attached hydrogens (primary N) is 1. The molecule has 8 heavy (non-hydrogen) atoms. The fourth-order valence-electron chi connectivity index (χ4n) is 0.318. The lowest BCUT2D eigenvalue weighted by Gasteiger charge is -1.80. The maximum atomic E-state index is 10.4. The summed E-state index contributed by atoms with van der Waals surface area (Å²) in [5.74, 6) is -0.0116. The van der Waals surface area contributed by atoms with Gasteiger partial charge in [0.05, 0.1) is 0 Å². The molecule has 0 saturated heterocycles. The maximum absolute atomic E-state index is 10.4. The molecule has 0 amide bonds. The van der Waals surface area contributed by atoms with Crippen molar-refractivity contribution in [2.45, 2.75) is 6.42 Å². The third-order valence-corrected chi connectivity index (χ3v) is 0.628. The molecular formula is C6H9NO. The first-order valence-electron chi connectivity index (χ1n) is 2.33. The second-order valence-electron chi connectivity index (χ2n) is 1.32. The summed E-state index contributed by atoms with van der Waals surface area (Å²) in [6, 6.07) is 0. The summed E-state index contributed by atoms with van der Waals surface area (Å²) >= 11 is 0. The molecule has 0 spiro atoms. The normalized spacial score (nSPS) is 9.50. The maximum Gasteiger partial charge on any atom is 0.160 e. The molecule has 0 aromatic heterocycles. The van der Waals surface area contributed by atoms with Crippen LogP contribution in [0.15, 0.2) is 24.9 Å². The van der Waals surface area contributed by atoms with Gasteiger partial charge in [0.2, 0.25) is 0 Å². The Labute approximate surface area is 48.7 Å². The largest absolute Gasteiger partial charge is 0.404 e. The van der Waals surface area contributed by atoms with E-state index in [1.165, 1.54) is 12.3 Å². The van der Waals surface area contributed by atoms with Gasteiger partial charge in [0.25, 0.3) is 0 Å².